The van der Waals surface area contributed by atoms with Gasteiger partial charge in [0, 0.05) is 5.69 Å². The van der Waals surface area contributed by atoms with Crippen LogP contribution < -0.4 is 10.6 Å². The summed E-state index contributed by atoms with van der Waals surface area (Å²) in [4.78, 5) is 11.9. The summed E-state index contributed by atoms with van der Waals surface area (Å²) >= 11 is 0. The van der Waals surface area contributed by atoms with Crippen LogP contribution in [0.5, 0.6) is 0 Å². The Bertz CT molecular complexity index is 520. The van der Waals surface area contributed by atoms with Gasteiger partial charge in [0.25, 0.3) is 0 Å². The first-order valence-electron chi connectivity index (χ1n) is 7.91. The first kappa shape index (κ1) is 15.8. The molecule has 21 heavy (non-hydrogen) atoms. The van der Waals surface area contributed by atoms with Gasteiger partial charge in [-0.05, 0) is 64.1 Å². The van der Waals surface area contributed by atoms with Crippen LogP contribution in [0, 0.1) is 13.8 Å². The largest absolute Gasteiger partial charge is 0.325 e. The molecule has 1 aromatic carbocycles. The summed E-state index contributed by atoms with van der Waals surface area (Å²) in [6, 6.07) is 6.07. The van der Waals surface area contributed by atoms with Crippen LogP contribution in [0.15, 0.2) is 29.8 Å². The van der Waals surface area contributed by atoms with E-state index >= 15 is 0 Å². The number of hydrogen-bond donors (Lipinski definition) is 2. The molecule has 1 aliphatic carbocycles. The molecule has 0 aromatic heterocycles. The SMILES string of the molecule is Cc1ccc(NC(=O)CNCCC2=CCCCC2)c(C)c1. The lowest BCUT2D eigenvalue weighted by Gasteiger charge is -2.13. The van der Waals surface area contributed by atoms with E-state index < -0.39 is 0 Å². The summed E-state index contributed by atoms with van der Waals surface area (Å²) < 4.78 is 0. The van der Waals surface area contributed by atoms with Crippen molar-refractivity contribution in [1.82, 2.24) is 5.32 Å². The van der Waals surface area contributed by atoms with Crippen molar-refractivity contribution < 1.29 is 4.79 Å². The van der Waals surface area contributed by atoms with E-state index in [4.69, 9.17) is 0 Å². The lowest BCUT2D eigenvalue weighted by atomic mass is 9.97. The Hall–Kier alpha value is -1.61. The molecule has 1 aliphatic rings. The second-order valence-electron chi connectivity index (χ2n) is 5.90. The van der Waals surface area contributed by atoms with E-state index in [0.29, 0.717) is 6.54 Å². The van der Waals surface area contributed by atoms with Crippen molar-refractivity contribution in [2.45, 2.75) is 46.0 Å². The third-order valence-electron chi connectivity index (χ3n) is 3.95. The maximum atomic E-state index is 11.9. The van der Waals surface area contributed by atoms with Gasteiger partial charge in [-0.1, -0.05) is 29.3 Å². The summed E-state index contributed by atoms with van der Waals surface area (Å²) in [5.74, 6) is 0.0274. The Morgan fingerprint density at radius 3 is 2.81 bits per heavy atom. The zero-order valence-corrected chi connectivity index (χ0v) is 13.2. The lowest BCUT2D eigenvalue weighted by Crippen LogP contribution is -2.29. The normalized spacial score (nSPS) is 14.7. The fourth-order valence-corrected chi connectivity index (χ4v) is 2.73. The van der Waals surface area contributed by atoms with Crippen LogP contribution >= 0.6 is 0 Å². The molecule has 0 spiro atoms. The molecule has 114 valence electrons. The van der Waals surface area contributed by atoms with Crippen LogP contribution in [-0.4, -0.2) is 19.0 Å². The molecular weight excluding hydrogens is 260 g/mol. The Morgan fingerprint density at radius 1 is 1.24 bits per heavy atom. The Balaban J connectivity index is 1.68. The van der Waals surface area contributed by atoms with Crippen molar-refractivity contribution in [2.24, 2.45) is 0 Å². The van der Waals surface area contributed by atoms with Crippen molar-refractivity contribution in [3.63, 3.8) is 0 Å². The van der Waals surface area contributed by atoms with Crippen molar-refractivity contribution in [2.75, 3.05) is 18.4 Å². The van der Waals surface area contributed by atoms with Crippen molar-refractivity contribution >= 4 is 11.6 Å². The van der Waals surface area contributed by atoms with Crippen LogP contribution in [0.1, 0.15) is 43.2 Å². The summed E-state index contributed by atoms with van der Waals surface area (Å²) in [7, 11) is 0. The molecular formula is C18H26N2O. The van der Waals surface area contributed by atoms with Crippen LogP contribution in [0.25, 0.3) is 0 Å². The number of aryl methyl sites for hydroxylation is 2. The maximum Gasteiger partial charge on any atom is 0.238 e. The lowest BCUT2D eigenvalue weighted by molar-refractivity contribution is -0.115. The number of anilines is 1. The highest BCUT2D eigenvalue weighted by molar-refractivity contribution is 5.92. The zero-order chi connectivity index (χ0) is 15.1. The van der Waals surface area contributed by atoms with Crippen molar-refractivity contribution in [3.8, 4) is 0 Å². The van der Waals surface area contributed by atoms with Crippen molar-refractivity contribution in [1.29, 1.82) is 0 Å². The predicted octanol–water partition coefficient (Wildman–Crippen LogP) is 3.72. The van der Waals surface area contributed by atoms with Crippen LogP contribution in [-0.2, 0) is 4.79 Å². The number of nitrogens with one attached hydrogen (secondary N) is 2. The highest BCUT2D eigenvalue weighted by atomic mass is 16.1. The fraction of sp³-hybridized carbons (Fsp3) is 0.500. The standard InChI is InChI=1S/C18H26N2O/c1-14-8-9-17(15(2)12-14)20-18(21)13-19-11-10-16-6-4-3-5-7-16/h6,8-9,12,19H,3-5,7,10-11,13H2,1-2H3,(H,20,21). The minimum atomic E-state index is 0.0274. The molecule has 0 fully saturated rings. The average Bonchev–Trinajstić information content (AvgIpc) is 2.48. The van der Waals surface area contributed by atoms with Gasteiger partial charge >= 0.3 is 0 Å². The highest BCUT2D eigenvalue weighted by Crippen LogP contribution is 2.19. The minimum Gasteiger partial charge on any atom is -0.325 e. The summed E-state index contributed by atoms with van der Waals surface area (Å²) in [5.41, 5.74) is 4.77. The number of carbonyl (C=O) groups is 1. The Kier molecular flexibility index (Phi) is 6.00. The predicted molar refractivity (Wildman–Crippen MR) is 88.6 cm³/mol. The average molecular weight is 286 g/mol. The molecule has 3 nitrogen and oxygen atoms in total. The topological polar surface area (TPSA) is 41.1 Å². The van der Waals surface area contributed by atoms with Crippen LogP contribution in [0.3, 0.4) is 0 Å². The van der Waals surface area contributed by atoms with Gasteiger partial charge in [-0.3, -0.25) is 4.79 Å². The Morgan fingerprint density at radius 2 is 2.10 bits per heavy atom. The van der Waals surface area contributed by atoms with Gasteiger partial charge in [-0.15, -0.1) is 0 Å². The fourth-order valence-electron chi connectivity index (χ4n) is 2.73. The van der Waals surface area contributed by atoms with E-state index in [9.17, 15) is 4.79 Å². The first-order valence-corrected chi connectivity index (χ1v) is 7.91. The number of benzene rings is 1. The molecule has 0 radical (unpaired) electrons. The molecule has 0 heterocycles. The van der Waals surface area contributed by atoms with E-state index in [-0.39, 0.29) is 5.91 Å². The molecule has 3 heteroatoms. The van der Waals surface area contributed by atoms with Crippen LogP contribution in [0.4, 0.5) is 5.69 Å². The molecule has 0 bridgehead atoms. The second kappa shape index (κ2) is 7.99. The van der Waals surface area contributed by atoms with Gasteiger partial charge in [0.05, 0.1) is 6.54 Å². The third-order valence-corrected chi connectivity index (χ3v) is 3.95. The molecule has 0 unspecified atom stereocenters. The van der Waals surface area contributed by atoms with Gasteiger partial charge in [0.15, 0.2) is 0 Å². The molecule has 1 amide bonds. The van der Waals surface area contributed by atoms with Gasteiger partial charge in [-0.2, -0.15) is 0 Å². The van der Waals surface area contributed by atoms with Crippen molar-refractivity contribution in [3.05, 3.63) is 41.0 Å². The summed E-state index contributed by atoms with van der Waals surface area (Å²) in [6.45, 7) is 5.33. The van der Waals surface area contributed by atoms with E-state index in [0.717, 1.165) is 24.2 Å². The number of rotatable bonds is 6. The van der Waals surface area contributed by atoms with E-state index in [1.54, 1.807) is 5.57 Å². The van der Waals surface area contributed by atoms with Gasteiger partial charge < -0.3 is 10.6 Å². The monoisotopic (exact) mass is 286 g/mol. The minimum absolute atomic E-state index is 0.0274. The summed E-state index contributed by atoms with van der Waals surface area (Å²) in [5, 5.41) is 6.19. The van der Waals surface area contributed by atoms with E-state index in [2.05, 4.69) is 29.7 Å². The highest BCUT2D eigenvalue weighted by Gasteiger charge is 2.06. The quantitative estimate of drug-likeness (QED) is 0.618. The van der Waals surface area contributed by atoms with E-state index in [1.807, 2.05) is 19.1 Å². The first-order chi connectivity index (χ1) is 10.1. The number of allylic oxidation sites excluding steroid dienone is 1. The molecule has 0 aliphatic heterocycles. The molecule has 2 N–H and O–H groups in total. The van der Waals surface area contributed by atoms with Crippen LogP contribution in [0.2, 0.25) is 0 Å². The molecule has 0 atom stereocenters. The molecule has 2 rings (SSSR count). The number of amides is 1. The maximum absolute atomic E-state index is 11.9. The number of carbonyl (C=O) groups excluding carboxylic acids is 1. The summed E-state index contributed by atoms with van der Waals surface area (Å²) in [6.07, 6.45) is 8.53. The second-order valence-corrected chi connectivity index (χ2v) is 5.90. The molecule has 1 aromatic rings. The smallest absolute Gasteiger partial charge is 0.238 e. The zero-order valence-electron chi connectivity index (χ0n) is 13.2. The third kappa shape index (κ3) is 5.35. The van der Waals surface area contributed by atoms with Gasteiger partial charge in [0.2, 0.25) is 5.91 Å². The molecule has 0 saturated heterocycles. The Labute approximate surface area is 127 Å². The van der Waals surface area contributed by atoms with Gasteiger partial charge in [-0.25, -0.2) is 0 Å². The number of hydrogen-bond acceptors (Lipinski definition) is 2. The van der Waals surface area contributed by atoms with E-state index in [1.165, 1.54) is 31.2 Å². The van der Waals surface area contributed by atoms with Gasteiger partial charge in [0.1, 0.15) is 0 Å². The molecule has 0 saturated carbocycles.